The number of hydrogen-bond donors (Lipinski definition) is 1. The van der Waals surface area contributed by atoms with Crippen LogP contribution in [0.25, 0.3) is 0 Å². The van der Waals surface area contributed by atoms with E-state index in [1.807, 2.05) is 13.8 Å². The maximum absolute atomic E-state index is 12.8. The molecule has 2 aromatic rings. The Balaban J connectivity index is 1.62. The molecule has 1 N–H and O–H groups in total. The predicted molar refractivity (Wildman–Crippen MR) is 107 cm³/mol. The van der Waals surface area contributed by atoms with E-state index in [2.05, 4.69) is 4.72 Å². The van der Waals surface area contributed by atoms with Crippen molar-refractivity contribution in [3.8, 4) is 0 Å². The fraction of sp³-hybridized carbons (Fsp3) is 0.381. The van der Waals surface area contributed by atoms with Gasteiger partial charge >= 0.3 is 6.18 Å². The van der Waals surface area contributed by atoms with Crippen LogP contribution in [0.3, 0.4) is 0 Å². The fourth-order valence-electron chi connectivity index (χ4n) is 3.71. The highest BCUT2D eigenvalue weighted by Crippen LogP contribution is 2.44. The van der Waals surface area contributed by atoms with E-state index in [9.17, 15) is 26.4 Å². The van der Waals surface area contributed by atoms with E-state index in [1.54, 1.807) is 17.0 Å². The molecule has 4 rings (SSSR count). The van der Waals surface area contributed by atoms with Gasteiger partial charge in [0.1, 0.15) is 0 Å². The number of carbonyl (C=O) groups excluding carboxylic acids is 1. The first-order chi connectivity index (χ1) is 13.9. The first-order valence-electron chi connectivity index (χ1n) is 9.54. The molecule has 1 fully saturated rings. The van der Waals surface area contributed by atoms with Crippen molar-refractivity contribution in [3.05, 3.63) is 53.6 Å². The third-order valence-electron chi connectivity index (χ3n) is 5.51. The minimum atomic E-state index is -4.49. The molecule has 5 nitrogen and oxygen atoms in total. The van der Waals surface area contributed by atoms with Crippen LogP contribution in [0.2, 0.25) is 0 Å². The zero-order chi connectivity index (χ0) is 21.9. The Bertz CT molecular complexity index is 1110. The van der Waals surface area contributed by atoms with Gasteiger partial charge in [-0.3, -0.25) is 9.52 Å². The van der Waals surface area contributed by atoms with Gasteiger partial charge < -0.3 is 4.90 Å². The van der Waals surface area contributed by atoms with Crippen LogP contribution in [0.15, 0.2) is 47.4 Å². The lowest BCUT2D eigenvalue weighted by Crippen LogP contribution is -2.34. The average molecular weight is 438 g/mol. The first-order valence-corrected chi connectivity index (χ1v) is 11.0. The van der Waals surface area contributed by atoms with Crippen LogP contribution >= 0.6 is 0 Å². The Kier molecular flexibility index (Phi) is 4.65. The van der Waals surface area contributed by atoms with Gasteiger partial charge in [-0.1, -0.05) is 13.8 Å². The topological polar surface area (TPSA) is 66.5 Å². The minimum absolute atomic E-state index is 0.00468. The Labute approximate surface area is 172 Å². The molecule has 1 heterocycles. The van der Waals surface area contributed by atoms with Crippen LogP contribution < -0.4 is 9.62 Å². The van der Waals surface area contributed by atoms with E-state index in [-0.39, 0.29) is 22.4 Å². The lowest BCUT2D eigenvalue weighted by Gasteiger charge is -2.20. The van der Waals surface area contributed by atoms with Crippen LogP contribution in [-0.2, 0) is 26.4 Å². The van der Waals surface area contributed by atoms with Crippen LogP contribution in [-0.4, -0.2) is 20.9 Å². The molecule has 1 amide bonds. The van der Waals surface area contributed by atoms with Crippen molar-refractivity contribution in [1.82, 2.24) is 0 Å². The maximum atomic E-state index is 12.8. The maximum Gasteiger partial charge on any atom is 0.416 e. The number of alkyl halides is 3. The Morgan fingerprint density at radius 1 is 1.10 bits per heavy atom. The fourth-order valence-corrected chi connectivity index (χ4v) is 4.80. The van der Waals surface area contributed by atoms with Gasteiger partial charge in [-0.05, 0) is 60.9 Å². The molecule has 9 heteroatoms. The van der Waals surface area contributed by atoms with Gasteiger partial charge in [0.25, 0.3) is 10.0 Å². The second kappa shape index (κ2) is 6.73. The van der Waals surface area contributed by atoms with Crippen LogP contribution in [0, 0.1) is 5.92 Å². The predicted octanol–water partition coefficient (Wildman–Crippen LogP) is 4.54. The number of rotatable bonds is 4. The van der Waals surface area contributed by atoms with Crippen LogP contribution in [0.4, 0.5) is 24.5 Å². The zero-order valence-corrected chi connectivity index (χ0v) is 17.3. The summed E-state index contributed by atoms with van der Waals surface area (Å²) in [5.74, 6) is 0.122. The summed E-state index contributed by atoms with van der Waals surface area (Å²) in [7, 11) is -4.01. The number of anilines is 2. The molecule has 1 aliphatic carbocycles. The van der Waals surface area contributed by atoms with Crippen LogP contribution in [0.5, 0.6) is 0 Å². The van der Waals surface area contributed by atoms with Gasteiger partial charge in [-0.25, -0.2) is 8.42 Å². The number of amides is 1. The summed E-state index contributed by atoms with van der Waals surface area (Å²) in [6.07, 6.45) is -2.73. The highest BCUT2D eigenvalue weighted by atomic mass is 32.2. The highest BCUT2D eigenvalue weighted by molar-refractivity contribution is 7.92. The van der Waals surface area contributed by atoms with E-state index in [0.717, 1.165) is 42.7 Å². The monoisotopic (exact) mass is 438 g/mol. The number of halogens is 3. The third-order valence-corrected chi connectivity index (χ3v) is 6.89. The number of nitrogens with zero attached hydrogens (tertiary/aromatic N) is 1. The van der Waals surface area contributed by atoms with Crippen molar-refractivity contribution in [2.24, 2.45) is 5.92 Å². The van der Waals surface area contributed by atoms with Crippen molar-refractivity contribution in [3.63, 3.8) is 0 Å². The number of hydrogen-bond acceptors (Lipinski definition) is 3. The van der Waals surface area contributed by atoms with Gasteiger partial charge in [0, 0.05) is 29.3 Å². The average Bonchev–Trinajstić information content (AvgIpc) is 3.46. The molecule has 30 heavy (non-hydrogen) atoms. The summed E-state index contributed by atoms with van der Waals surface area (Å²) >= 11 is 0. The Hall–Kier alpha value is -2.55. The molecule has 0 unspecified atom stereocenters. The van der Waals surface area contributed by atoms with Crippen molar-refractivity contribution >= 4 is 27.3 Å². The summed E-state index contributed by atoms with van der Waals surface area (Å²) in [4.78, 5) is 14.3. The number of carbonyl (C=O) groups is 1. The smallest absolute Gasteiger partial charge is 0.311 e. The lowest BCUT2D eigenvalue weighted by atomic mass is 9.87. The van der Waals surface area contributed by atoms with Gasteiger partial charge in [0.15, 0.2) is 0 Å². The summed E-state index contributed by atoms with van der Waals surface area (Å²) in [5, 5.41) is 0. The van der Waals surface area contributed by atoms with E-state index in [1.165, 1.54) is 6.07 Å². The molecule has 0 bridgehead atoms. The SMILES string of the molecule is CC1(C)CN(C(=O)C2CC2)c2ccc(S(=O)(=O)Nc3ccc(C(F)(F)F)cc3)cc21. The molecule has 0 atom stereocenters. The molecular weight excluding hydrogens is 417 g/mol. The summed E-state index contributed by atoms with van der Waals surface area (Å²) in [6.45, 7) is 4.38. The Morgan fingerprint density at radius 2 is 1.73 bits per heavy atom. The highest BCUT2D eigenvalue weighted by Gasteiger charge is 2.43. The summed E-state index contributed by atoms with van der Waals surface area (Å²) in [6, 6.07) is 8.39. The molecule has 2 aromatic carbocycles. The number of sulfonamides is 1. The van der Waals surface area contributed by atoms with Crippen molar-refractivity contribution in [2.75, 3.05) is 16.2 Å². The lowest BCUT2D eigenvalue weighted by molar-refractivity contribution is -0.137. The number of nitrogens with one attached hydrogen (secondary N) is 1. The van der Waals surface area contributed by atoms with E-state index in [0.29, 0.717) is 12.2 Å². The normalized spacial score (nSPS) is 18.2. The molecule has 0 saturated heterocycles. The second-order valence-electron chi connectivity index (χ2n) is 8.44. The molecule has 1 saturated carbocycles. The van der Waals surface area contributed by atoms with E-state index >= 15 is 0 Å². The standard InChI is InChI=1S/C21H21F3N2O3S/c1-20(2)12-26(19(27)13-3-4-13)18-10-9-16(11-17(18)20)30(28,29)25-15-7-5-14(6-8-15)21(22,23)24/h5-11,13,25H,3-4,12H2,1-2H3. The molecule has 1 aliphatic heterocycles. The number of benzene rings is 2. The molecule has 2 aliphatic rings. The van der Waals surface area contributed by atoms with E-state index < -0.39 is 27.2 Å². The summed E-state index contributed by atoms with van der Waals surface area (Å²) in [5.41, 5.74) is 0.232. The molecule has 0 spiro atoms. The third kappa shape index (κ3) is 3.78. The first kappa shape index (κ1) is 20.7. The minimum Gasteiger partial charge on any atom is -0.311 e. The van der Waals surface area contributed by atoms with E-state index in [4.69, 9.17) is 0 Å². The van der Waals surface area contributed by atoms with Crippen LogP contribution in [0.1, 0.15) is 37.8 Å². The van der Waals surface area contributed by atoms with Crippen molar-refractivity contribution < 1.29 is 26.4 Å². The van der Waals surface area contributed by atoms with Crippen molar-refractivity contribution in [2.45, 2.75) is 43.2 Å². The number of fused-ring (bicyclic) bond motifs is 1. The molecule has 160 valence electrons. The molecule has 0 aromatic heterocycles. The molecular formula is C21H21F3N2O3S. The zero-order valence-electron chi connectivity index (χ0n) is 16.5. The van der Waals surface area contributed by atoms with Gasteiger partial charge in [0.2, 0.25) is 5.91 Å². The quantitative estimate of drug-likeness (QED) is 0.762. The summed E-state index contributed by atoms with van der Waals surface area (Å²) < 4.78 is 66.0. The molecule has 0 radical (unpaired) electrons. The van der Waals surface area contributed by atoms with Crippen molar-refractivity contribution in [1.29, 1.82) is 0 Å². The Morgan fingerprint density at radius 3 is 2.30 bits per heavy atom. The van der Waals surface area contributed by atoms with Gasteiger partial charge in [-0.15, -0.1) is 0 Å². The largest absolute Gasteiger partial charge is 0.416 e. The van der Waals surface area contributed by atoms with Gasteiger partial charge in [-0.2, -0.15) is 13.2 Å². The van der Waals surface area contributed by atoms with Gasteiger partial charge in [0.05, 0.1) is 10.5 Å². The second-order valence-corrected chi connectivity index (χ2v) is 10.1.